The van der Waals surface area contributed by atoms with Crippen molar-refractivity contribution in [3.63, 3.8) is 0 Å². The summed E-state index contributed by atoms with van der Waals surface area (Å²) in [7, 11) is 6.25. The van der Waals surface area contributed by atoms with E-state index >= 15 is 0 Å². The van der Waals surface area contributed by atoms with E-state index in [4.69, 9.17) is 18.9 Å². The molecular formula is C18H21NO5. The van der Waals surface area contributed by atoms with Crippen LogP contribution in [0.1, 0.15) is 15.9 Å². The second-order valence-electron chi connectivity index (χ2n) is 4.93. The molecule has 0 saturated carbocycles. The summed E-state index contributed by atoms with van der Waals surface area (Å²) in [6.07, 6.45) is 0. The highest BCUT2D eigenvalue weighted by Gasteiger charge is 2.12. The zero-order chi connectivity index (χ0) is 17.5. The minimum absolute atomic E-state index is 0.214. The molecule has 0 fully saturated rings. The second-order valence-corrected chi connectivity index (χ2v) is 4.93. The van der Waals surface area contributed by atoms with Gasteiger partial charge in [-0.2, -0.15) is 0 Å². The maximum atomic E-state index is 12.3. The van der Waals surface area contributed by atoms with Crippen molar-refractivity contribution in [3.8, 4) is 23.0 Å². The third-order valence-corrected chi connectivity index (χ3v) is 3.58. The monoisotopic (exact) mass is 331 g/mol. The molecule has 1 amide bonds. The molecule has 0 saturated heterocycles. The van der Waals surface area contributed by atoms with Gasteiger partial charge in [-0.25, -0.2) is 0 Å². The van der Waals surface area contributed by atoms with Crippen LogP contribution in [0.25, 0.3) is 0 Å². The molecule has 0 heterocycles. The molecule has 2 aromatic carbocycles. The Kier molecular flexibility index (Phi) is 5.89. The minimum Gasteiger partial charge on any atom is -0.497 e. The predicted molar refractivity (Wildman–Crippen MR) is 90.3 cm³/mol. The first-order valence-corrected chi connectivity index (χ1v) is 7.34. The smallest absolute Gasteiger partial charge is 0.251 e. The van der Waals surface area contributed by atoms with Crippen LogP contribution in [0.4, 0.5) is 0 Å². The van der Waals surface area contributed by atoms with E-state index in [0.29, 0.717) is 35.1 Å². The van der Waals surface area contributed by atoms with Gasteiger partial charge < -0.3 is 24.3 Å². The van der Waals surface area contributed by atoms with Crippen LogP contribution in [0, 0.1) is 0 Å². The van der Waals surface area contributed by atoms with Crippen LogP contribution in [0.5, 0.6) is 23.0 Å². The summed E-state index contributed by atoms with van der Waals surface area (Å²) < 4.78 is 20.9. The first kappa shape index (κ1) is 17.5. The molecule has 0 aliphatic carbocycles. The molecule has 0 spiro atoms. The topological polar surface area (TPSA) is 66.0 Å². The van der Waals surface area contributed by atoms with Crippen molar-refractivity contribution in [2.24, 2.45) is 0 Å². The van der Waals surface area contributed by atoms with Gasteiger partial charge in [-0.1, -0.05) is 0 Å². The van der Waals surface area contributed by atoms with Crippen LogP contribution in [0.15, 0.2) is 36.4 Å². The maximum absolute atomic E-state index is 12.3. The van der Waals surface area contributed by atoms with Crippen LogP contribution >= 0.6 is 0 Å². The van der Waals surface area contributed by atoms with Crippen molar-refractivity contribution < 1.29 is 23.7 Å². The van der Waals surface area contributed by atoms with E-state index in [1.54, 1.807) is 45.6 Å². The minimum atomic E-state index is -0.214. The molecule has 0 aromatic heterocycles. The fraction of sp³-hybridized carbons (Fsp3) is 0.278. The molecule has 2 aromatic rings. The molecule has 2 rings (SSSR count). The molecule has 1 N–H and O–H groups in total. The number of amides is 1. The van der Waals surface area contributed by atoms with E-state index in [2.05, 4.69) is 5.32 Å². The zero-order valence-corrected chi connectivity index (χ0v) is 14.2. The van der Waals surface area contributed by atoms with Crippen molar-refractivity contribution >= 4 is 5.91 Å². The van der Waals surface area contributed by atoms with Gasteiger partial charge in [0.05, 0.1) is 28.4 Å². The second kappa shape index (κ2) is 8.10. The van der Waals surface area contributed by atoms with E-state index in [1.165, 1.54) is 7.11 Å². The molecule has 0 unspecified atom stereocenters. The Labute approximate surface area is 141 Å². The van der Waals surface area contributed by atoms with E-state index in [1.807, 2.05) is 12.1 Å². The first-order valence-electron chi connectivity index (χ1n) is 7.34. The van der Waals surface area contributed by atoms with E-state index in [0.717, 1.165) is 5.56 Å². The highest BCUT2D eigenvalue weighted by molar-refractivity contribution is 5.94. The third kappa shape index (κ3) is 3.90. The molecule has 6 nitrogen and oxygen atoms in total. The summed E-state index contributed by atoms with van der Waals surface area (Å²) in [5.74, 6) is 2.22. The van der Waals surface area contributed by atoms with Gasteiger partial charge in [0.25, 0.3) is 5.91 Å². The number of ether oxygens (including phenoxy) is 4. The lowest BCUT2D eigenvalue weighted by Gasteiger charge is -2.12. The Morgan fingerprint density at radius 1 is 0.833 bits per heavy atom. The summed E-state index contributed by atoms with van der Waals surface area (Å²) in [6, 6.07) is 10.5. The molecule has 0 radical (unpaired) electrons. The summed E-state index contributed by atoms with van der Waals surface area (Å²) >= 11 is 0. The van der Waals surface area contributed by atoms with Crippen LogP contribution < -0.4 is 24.3 Å². The van der Waals surface area contributed by atoms with Crippen LogP contribution in [-0.4, -0.2) is 34.3 Å². The average Bonchev–Trinajstić information content (AvgIpc) is 2.65. The number of nitrogens with one attached hydrogen (secondary N) is 1. The van der Waals surface area contributed by atoms with Gasteiger partial charge in [0.15, 0.2) is 11.5 Å². The van der Waals surface area contributed by atoms with Crippen molar-refractivity contribution in [3.05, 3.63) is 47.5 Å². The van der Waals surface area contributed by atoms with E-state index < -0.39 is 0 Å². The molecule has 0 bridgehead atoms. The highest BCUT2D eigenvalue weighted by atomic mass is 16.5. The number of carbonyl (C=O) groups excluding carboxylic acids is 1. The van der Waals surface area contributed by atoms with Crippen LogP contribution in [0.3, 0.4) is 0 Å². The Hall–Kier alpha value is -2.89. The standard InChI is InChI=1S/C18H21NO5/c1-21-14-7-5-13(16(10-14)23-3)11-19-18(20)12-6-8-15(22-2)17(9-12)24-4/h5-10H,11H2,1-4H3,(H,19,20). The molecule has 24 heavy (non-hydrogen) atoms. The predicted octanol–water partition coefficient (Wildman–Crippen LogP) is 2.65. The normalized spacial score (nSPS) is 10.0. The number of carbonyl (C=O) groups is 1. The molecule has 6 heteroatoms. The number of benzene rings is 2. The van der Waals surface area contributed by atoms with Gasteiger partial charge in [0.1, 0.15) is 11.5 Å². The van der Waals surface area contributed by atoms with Gasteiger partial charge in [-0.3, -0.25) is 4.79 Å². The van der Waals surface area contributed by atoms with Crippen LogP contribution in [0.2, 0.25) is 0 Å². The average molecular weight is 331 g/mol. The fourth-order valence-corrected chi connectivity index (χ4v) is 2.25. The largest absolute Gasteiger partial charge is 0.497 e. The summed E-state index contributed by atoms with van der Waals surface area (Å²) in [6.45, 7) is 0.334. The SMILES string of the molecule is COc1ccc(CNC(=O)c2ccc(OC)c(OC)c2)c(OC)c1. The Balaban J connectivity index is 2.11. The molecule has 0 atom stereocenters. The summed E-state index contributed by atoms with van der Waals surface area (Å²) in [5, 5.41) is 2.86. The molecular weight excluding hydrogens is 310 g/mol. The highest BCUT2D eigenvalue weighted by Crippen LogP contribution is 2.28. The van der Waals surface area contributed by atoms with Crippen molar-refractivity contribution in [2.75, 3.05) is 28.4 Å². The van der Waals surface area contributed by atoms with Crippen LogP contribution in [-0.2, 0) is 6.54 Å². The quantitative estimate of drug-likeness (QED) is 0.845. The van der Waals surface area contributed by atoms with Gasteiger partial charge >= 0.3 is 0 Å². The summed E-state index contributed by atoms with van der Waals surface area (Å²) in [5.41, 5.74) is 1.34. The van der Waals surface area contributed by atoms with Gasteiger partial charge in [0.2, 0.25) is 0 Å². The van der Waals surface area contributed by atoms with Crippen molar-refractivity contribution in [1.82, 2.24) is 5.32 Å². The number of hydrogen-bond donors (Lipinski definition) is 1. The third-order valence-electron chi connectivity index (χ3n) is 3.58. The lowest BCUT2D eigenvalue weighted by molar-refractivity contribution is 0.0950. The number of methoxy groups -OCH3 is 4. The van der Waals surface area contributed by atoms with Gasteiger partial charge in [-0.05, 0) is 30.3 Å². The molecule has 0 aliphatic rings. The van der Waals surface area contributed by atoms with E-state index in [-0.39, 0.29) is 5.91 Å². The molecule has 128 valence electrons. The lowest BCUT2D eigenvalue weighted by atomic mass is 10.1. The first-order chi connectivity index (χ1) is 11.6. The maximum Gasteiger partial charge on any atom is 0.251 e. The van der Waals surface area contributed by atoms with Crippen molar-refractivity contribution in [1.29, 1.82) is 0 Å². The Morgan fingerprint density at radius 2 is 1.54 bits per heavy atom. The fourth-order valence-electron chi connectivity index (χ4n) is 2.25. The molecule has 0 aliphatic heterocycles. The lowest BCUT2D eigenvalue weighted by Crippen LogP contribution is -2.23. The number of rotatable bonds is 7. The Morgan fingerprint density at radius 3 is 2.17 bits per heavy atom. The zero-order valence-electron chi connectivity index (χ0n) is 14.2. The number of hydrogen-bond acceptors (Lipinski definition) is 5. The Bertz CT molecular complexity index is 715. The van der Waals surface area contributed by atoms with Gasteiger partial charge in [0, 0.05) is 23.7 Å². The van der Waals surface area contributed by atoms with Crippen molar-refractivity contribution in [2.45, 2.75) is 6.54 Å². The van der Waals surface area contributed by atoms with Gasteiger partial charge in [-0.15, -0.1) is 0 Å². The summed E-state index contributed by atoms with van der Waals surface area (Å²) in [4.78, 5) is 12.3. The van der Waals surface area contributed by atoms with E-state index in [9.17, 15) is 4.79 Å².